The third-order valence-corrected chi connectivity index (χ3v) is 3.68. The summed E-state index contributed by atoms with van der Waals surface area (Å²) in [5.74, 6) is -0.360. The smallest absolute Gasteiger partial charge is 0.338 e. The number of nitro groups is 1. The average Bonchev–Trinajstić information content (AvgIpc) is 3.11. The zero-order valence-electron chi connectivity index (χ0n) is 12.6. The van der Waals surface area contributed by atoms with Crippen molar-refractivity contribution in [3.8, 4) is 0 Å². The molecule has 2 aromatic rings. The van der Waals surface area contributed by atoms with E-state index in [1.54, 1.807) is 35.9 Å². The van der Waals surface area contributed by atoms with E-state index in [1.165, 1.54) is 6.20 Å². The molecule has 7 nitrogen and oxygen atoms in total. The molecule has 1 aliphatic heterocycles. The number of fused-ring (bicyclic) bond motifs is 1. The van der Waals surface area contributed by atoms with Gasteiger partial charge in [-0.2, -0.15) is 5.10 Å². The molecule has 1 aromatic heterocycles. The molecule has 0 spiro atoms. The van der Waals surface area contributed by atoms with Gasteiger partial charge in [0.25, 0.3) is 0 Å². The first-order valence-corrected chi connectivity index (χ1v) is 7.28. The molecule has 0 radical (unpaired) electrons. The standard InChI is InChI=1S/C16H15N3O4/c1-2-23-16(20)12-5-3-11(4-6-12)9-13-7-8-18-15(13)14(10-17-18)19(21)22/h3-6,9-10H,2,7-8H2,1H3/b13-9+. The molecule has 7 heteroatoms. The van der Waals surface area contributed by atoms with Gasteiger partial charge in [0.1, 0.15) is 11.9 Å². The molecule has 0 N–H and O–H groups in total. The molecule has 0 amide bonds. The minimum absolute atomic E-state index is 0.0249. The van der Waals surface area contributed by atoms with Crippen LogP contribution in [0.15, 0.2) is 30.5 Å². The van der Waals surface area contributed by atoms with Crippen molar-refractivity contribution < 1.29 is 14.5 Å². The molecule has 2 heterocycles. The Hall–Kier alpha value is -2.96. The first-order valence-electron chi connectivity index (χ1n) is 7.28. The van der Waals surface area contributed by atoms with E-state index in [0.29, 0.717) is 30.8 Å². The number of carbonyl (C=O) groups is 1. The number of rotatable bonds is 4. The lowest BCUT2D eigenvalue weighted by Gasteiger charge is -2.02. The first-order chi connectivity index (χ1) is 11.1. The van der Waals surface area contributed by atoms with Gasteiger partial charge in [-0.15, -0.1) is 0 Å². The molecule has 23 heavy (non-hydrogen) atoms. The van der Waals surface area contributed by atoms with Crippen molar-refractivity contribution in [2.24, 2.45) is 0 Å². The number of hydrogen-bond donors (Lipinski definition) is 0. The van der Waals surface area contributed by atoms with E-state index in [1.807, 2.05) is 6.08 Å². The summed E-state index contributed by atoms with van der Waals surface area (Å²) < 4.78 is 6.59. The third kappa shape index (κ3) is 2.85. The quantitative estimate of drug-likeness (QED) is 0.492. The molecule has 0 unspecified atom stereocenters. The summed E-state index contributed by atoms with van der Waals surface area (Å²) in [6, 6.07) is 6.96. The molecular weight excluding hydrogens is 298 g/mol. The molecule has 1 aromatic carbocycles. The number of hydrogen-bond acceptors (Lipinski definition) is 5. The number of benzene rings is 1. The highest BCUT2D eigenvalue weighted by Gasteiger charge is 2.28. The van der Waals surface area contributed by atoms with Gasteiger partial charge in [-0.3, -0.25) is 14.8 Å². The minimum Gasteiger partial charge on any atom is -0.462 e. The van der Waals surface area contributed by atoms with Crippen molar-refractivity contribution in [2.75, 3.05) is 6.61 Å². The van der Waals surface area contributed by atoms with Gasteiger partial charge in [0.05, 0.1) is 17.1 Å². The summed E-state index contributed by atoms with van der Waals surface area (Å²) >= 11 is 0. The fourth-order valence-electron chi connectivity index (χ4n) is 2.63. The van der Waals surface area contributed by atoms with Gasteiger partial charge >= 0.3 is 11.7 Å². The second kappa shape index (κ2) is 6.04. The van der Waals surface area contributed by atoms with Crippen LogP contribution in [-0.4, -0.2) is 27.3 Å². The van der Waals surface area contributed by atoms with Crippen LogP contribution in [-0.2, 0) is 11.3 Å². The van der Waals surface area contributed by atoms with Crippen molar-refractivity contribution in [3.63, 3.8) is 0 Å². The second-order valence-electron chi connectivity index (χ2n) is 5.12. The van der Waals surface area contributed by atoms with E-state index >= 15 is 0 Å². The highest BCUT2D eigenvalue weighted by molar-refractivity contribution is 5.90. The van der Waals surface area contributed by atoms with Crippen LogP contribution in [0, 0.1) is 10.1 Å². The van der Waals surface area contributed by atoms with Gasteiger partial charge in [0.2, 0.25) is 0 Å². The Labute approximate surface area is 132 Å². The lowest BCUT2D eigenvalue weighted by molar-refractivity contribution is -0.385. The fraction of sp³-hybridized carbons (Fsp3) is 0.250. The summed E-state index contributed by atoms with van der Waals surface area (Å²) in [5, 5.41) is 15.1. The molecule has 0 fully saturated rings. The highest BCUT2D eigenvalue weighted by atomic mass is 16.6. The van der Waals surface area contributed by atoms with Gasteiger partial charge in [-0.05, 0) is 42.7 Å². The van der Waals surface area contributed by atoms with Crippen molar-refractivity contribution in [1.82, 2.24) is 9.78 Å². The van der Waals surface area contributed by atoms with Crippen molar-refractivity contribution in [2.45, 2.75) is 19.9 Å². The number of carbonyl (C=O) groups excluding carboxylic acids is 1. The Morgan fingerprint density at radius 1 is 1.43 bits per heavy atom. The third-order valence-electron chi connectivity index (χ3n) is 3.68. The van der Waals surface area contributed by atoms with Crippen LogP contribution in [0.2, 0.25) is 0 Å². The van der Waals surface area contributed by atoms with Crippen LogP contribution in [0.5, 0.6) is 0 Å². The van der Waals surface area contributed by atoms with Crippen LogP contribution < -0.4 is 0 Å². The summed E-state index contributed by atoms with van der Waals surface area (Å²) in [4.78, 5) is 22.3. The van der Waals surface area contributed by atoms with Crippen molar-refractivity contribution in [3.05, 3.63) is 57.4 Å². The van der Waals surface area contributed by atoms with E-state index in [4.69, 9.17) is 4.74 Å². The van der Waals surface area contributed by atoms with Crippen LogP contribution in [0.3, 0.4) is 0 Å². The number of allylic oxidation sites excluding steroid dienone is 1. The molecule has 118 valence electrons. The number of ether oxygens (including phenoxy) is 1. The number of esters is 1. The molecule has 3 rings (SSSR count). The topological polar surface area (TPSA) is 87.3 Å². The lowest BCUT2D eigenvalue weighted by Crippen LogP contribution is -2.04. The zero-order valence-corrected chi connectivity index (χ0v) is 12.6. The predicted octanol–water partition coefficient (Wildman–Crippen LogP) is 2.91. The Balaban J connectivity index is 1.88. The first kappa shape index (κ1) is 15.0. The number of aryl methyl sites for hydroxylation is 1. The average molecular weight is 313 g/mol. The largest absolute Gasteiger partial charge is 0.462 e. The predicted molar refractivity (Wildman–Crippen MR) is 83.8 cm³/mol. The van der Waals surface area contributed by atoms with Crippen LogP contribution in [0.1, 0.15) is 35.0 Å². The molecule has 0 bridgehead atoms. The fourth-order valence-corrected chi connectivity index (χ4v) is 2.63. The Kier molecular flexibility index (Phi) is 3.92. The maximum absolute atomic E-state index is 11.6. The van der Waals surface area contributed by atoms with Crippen LogP contribution in [0.4, 0.5) is 5.69 Å². The molecule has 0 atom stereocenters. The van der Waals surface area contributed by atoms with E-state index in [9.17, 15) is 14.9 Å². The molecule has 1 aliphatic rings. The van der Waals surface area contributed by atoms with E-state index < -0.39 is 4.92 Å². The number of aromatic nitrogens is 2. The SMILES string of the molecule is CCOC(=O)c1ccc(/C=C2\CCn3ncc([N+](=O)[O-])c32)cc1. The molecule has 0 saturated carbocycles. The van der Waals surface area contributed by atoms with Gasteiger partial charge in [0, 0.05) is 6.54 Å². The van der Waals surface area contributed by atoms with Gasteiger partial charge < -0.3 is 4.74 Å². The lowest BCUT2D eigenvalue weighted by atomic mass is 10.1. The van der Waals surface area contributed by atoms with E-state index in [2.05, 4.69) is 5.10 Å². The molecule has 0 aliphatic carbocycles. The highest BCUT2D eigenvalue weighted by Crippen LogP contribution is 2.35. The minimum atomic E-state index is -0.415. The van der Waals surface area contributed by atoms with E-state index in [-0.39, 0.29) is 11.7 Å². The van der Waals surface area contributed by atoms with Crippen molar-refractivity contribution in [1.29, 1.82) is 0 Å². The summed E-state index contributed by atoms with van der Waals surface area (Å²) in [5.41, 5.74) is 2.81. The Bertz CT molecular complexity index is 790. The molecule has 0 saturated heterocycles. The zero-order chi connectivity index (χ0) is 16.4. The normalized spacial score (nSPS) is 14.7. The number of nitrogens with zero attached hydrogens (tertiary/aromatic N) is 3. The van der Waals surface area contributed by atoms with E-state index in [0.717, 1.165) is 11.1 Å². The van der Waals surface area contributed by atoms with Gasteiger partial charge in [0.15, 0.2) is 0 Å². The van der Waals surface area contributed by atoms with Gasteiger partial charge in [-0.25, -0.2) is 4.79 Å². The Morgan fingerprint density at radius 2 is 2.17 bits per heavy atom. The van der Waals surface area contributed by atoms with Crippen molar-refractivity contribution >= 4 is 23.3 Å². The van der Waals surface area contributed by atoms with Crippen LogP contribution >= 0.6 is 0 Å². The maximum Gasteiger partial charge on any atom is 0.338 e. The summed E-state index contributed by atoms with van der Waals surface area (Å²) in [7, 11) is 0. The van der Waals surface area contributed by atoms with Crippen LogP contribution in [0.25, 0.3) is 11.6 Å². The second-order valence-corrected chi connectivity index (χ2v) is 5.12. The maximum atomic E-state index is 11.6. The monoisotopic (exact) mass is 313 g/mol. The Morgan fingerprint density at radius 3 is 2.83 bits per heavy atom. The van der Waals surface area contributed by atoms with Gasteiger partial charge in [-0.1, -0.05) is 12.1 Å². The summed E-state index contributed by atoms with van der Waals surface area (Å²) in [6.45, 7) is 2.72. The molecular formula is C16H15N3O4. The summed E-state index contributed by atoms with van der Waals surface area (Å²) in [6.07, 6.45) is 3.87.